The SMILES string of the molecule is CC/C(C)=C\C(=O)O[C@@H]1[C@H](OC(=O)/C=C(\C)CC)[C@@H](O)[C@H](O[C@H]2[C@H](OC(C)=O)[C@]3(CO)[C@H](O)[C@H](O)[C@]4(C)C(=CC[C@@H]5[C@@]6(C)CC[C@H](O[C@@H]7O[C@H](C(=O)OC)[C@@H](O)[C@H](O)[C@H]7O[C@@H]7O[C@H](CO)[C@@H](O)[C@H](O)[C@H]7O)C(C)(C)[C@@H]6CC[C@]54C)[C@@H]3CC2(C)C)O[C@@H]1C. The van der Waals surface area contributed by atoms with Gasteiger partial charge in [0.05, 0.1) is 50.2 Å². The number of allylic oxidation sites excluding steroid dienone is 3. The smallest absolute Gasteiger partial charge is 0.337 e. The molecule has 3 heterocycles. The molecule has 3 aliphatic heterocycles. The summed E-state index contributed by atoms with van der Waals surface area (Å²) in [5.74, 6) is -4.31. The van der Waals surface area contributed by atoms with Crippen molar-refractivity contribution in [3.05, 3.63) is 34.9 Å². The summed E-state index contributed by atoms with van der Waals surface area (Å²) in [7, 11) is 1.08. The van der Waals surface area contributed by atoms with Crippen LogP contribution in [0.25, 0.3) is 0 Å². The van der Waals surface area contributed by atoms with E-state index in [0.29, 0.717) is 50.5 Å². The van der Waals surface area contributed by atoms with Gasteiger partial charge in [-0.3, -0.25) is 4.79 Å². The second-order valence-electron chi connectivity index (χ2n) is 28.1. The van der Waals surface area contributed by atoms with Crippen molar-refractivity contribution in [2.75, 3.05) is 20.3 Å². The molecule has 0 radical (unpaired) electrons. The van der Waals surface area contributed by atoms with Gasteiger partial charge in [-0.2, -0.15) is 0 Å². The summed E-state index contributed by atoms with van der Waals surface area (Å²) < 4.78 is 60.5. The number of rotatable bonds is 16. The second kappa shape index (κ2) is 25.9. The van der Waals surface area contributed by atoms with Crippen LogP contribution < -0.4 is 0 Å². The molecule has 24 nitrogen and oxygen atoms in total. The third kappa shape index (κ3) is 11.8. The lowest BCUT2D eigenvalue weighted by atomic mass is 9.32. The van der Waals surface area contributed by atoms with Gasteiger partial charge < -0.3 is 98.4 Å². The summed E-state index contributed by atoms with van der Waals surface area (Å²) in [6.45, 7) is 22.7. The fraction of sp³-hybridized carbons (Fsp3) is 0.841. The van der Waals surface area contributed by atoms with Crippen molar-refractivity contribution < 1.29 is 118 Å². The summed E-state index contributed by atoms with van der Waals surface area (Å²) >= 11 is 0. The number of carbonyl (C=O) groups is 4. The molecule has 4 saturated carbocycles. The van der Waals surface area contributed by atoms with Crippen molar-refractivity contribution in [2.24, 2.45) is 50.2 Å². The van der Waals surface area contributed by atoms with E-state index in [-0.39, 0.29) is 18.3 Å². The molecule has 0 aromatic rings. The number of ether oxygens (including phenoxy) is 10. The minimum absolute atomic E-state index is 0.104. The van der Waals surface area contributed by atoms with Crippen LogP contribution in [0, 0.1) is 50.2 Å². The zero-order chi connectivity index (χ0) is 64.6. The molecule has 3 saturated heterocycles. The molecular weight excluding hydrogens is 1140 g/mol. The Morgan fingerprint density at radius 1 is 0.644 bits per heavy atom. The van der Waals surface area contributed by atoms with Gasteiger partial charge >= 0.3 is 23.9 Å². The number of esters is 4. The standard InChI is InChI=1S/C63H98O24/c1-15-28(3)23-38(67)83-46-30(5)79-56(45(74)47(46)84-39(68)24-29(4)16-2)87-52-53(80-31(6)66)63(27-65)33(25-58(52,7)8)32-17-18-36-60(11)21-20-37(59(9,10)35(60)19-22-61(36,12)62(32,13)50(75)51(63)76)82-57-49(43(72)42(71)48(85-57)54(77)78-14)86-55-44(73)41(70)40(69)34(26-64)81-55/h17,23-24,30,33-37,40-53,55-57,64-65,69-76H,15-16,18-22,25-27H2,1-14H3/b28-23-,29-24+/t30-,33+,34-,35+,36-,37+,40-,41+,42+,43+,44-,45-,46+,47-,48+,49-,50+,51-,52+,53+,55+,56+,57-,60+,61-,62+,63+/m1/s1. The Hall–Kier alpha value is -3.54. The first kappa shape index (κ1) is 69.4. The van der Waals surface area contributed by atoms with Gasteiger partial charge in [0.25, 0.3) is 0 Å². The summed E-state index contributed by atoms with van der Waals surface area (Å²) in [5, 5.41) is 115. The first-order valence-electron chi connectivity index (χ1n) is 30.9. The van der Waals surface area contributed by atoms with Crippen LogP contribution in [0.4, 0.5) is 0 Å². The quantitative estimate of drug-likeness (QED) is 0.0348. The lowest BCUT2D eigenvalue weighted by molar-refractivity contribution is -0.375. The molecule has 24 heteroatoms. The maximum absolute atomic E-state index is 13.5. The summed E-state index contributed by atoms with van der Waals surface area (Å²) in [6, 6.07) is 0. The van der Waals surface area contributed by atoms with E-state index in [0.717, 1.165) is 18.3 Å². The zero-order valence-electron chi connectivity index (χ0n) is 52.8. The molecule has 0 bridgehead atoms. The number of fused-ring (bicyclic) bond motifs is 7. The normalized spacial score (nSPS) is 46.9. The fourth-order valence-corrected chi connectivity index (χ4v) is 17.1. The molecule has 0 amide bonds. The average molecular weight is 1240 g/mol. The van der Waals surface area contributed by atoms with Crippen LogP contribution in [-0.2, 0) is 66.5 Å². The van der Waals surface area contributed by atoms with Gasteiger partial charge in [0.2, 0.25) is 0 Å². The third-order valence-corrected chi connectivity index (χ3v) is 22.5. The Labute approximate surface area is 509 Å². The highest BCUT2D eigenvalue weighted by Gasteiger charge is 2.76. The number of methoxy groups -OCH3 is 1. The molecule has 8 rings (SSSR count). The predicted octanol–water partition coefficient (Wildman–Crippen LogP) is 2.09. The highest BCUT2D eigenvalue weighted by molar-refractivity contribution is 5.84. The van der Waals surface area contributed by atoms with E-state index in [4.69, 9.17) is 47.4 Å². The molecule has 0 aromatic heterocycles. The van der Waals surface area contributed by atoms with Crippen molar-refractivity contribution >= 4 is 23.9 Å². The lowest BCUT2D eigenvalue weighted by Gasteiger charge is -2.73. The van der Waals surface area contributed by atoms with E-state index in [1.165, 1.54) is 19.1 Å². The predicted molar refractivity (Wildman–Crippen MR) is 304 cm³/mol. The van der Waals surface area contributed by atoms with E-state index in [1.807, 2.05) is 34.6 Å². The van der Waals surface area contributed by atoms with Gasteiger partial charge in [-0.25, -0.2) is 14.4 Å². The van der Waals surface area contributed by atoms with Crippen LogP contribution in [-0.4, -0.2) is 218 Å². The van der Waals surface area contributed by atoms with Gasteiger partial charge in [0, 0.05) is 24.5 Å². The Kier molecular flexibility index (Phi) is 20.6. The van der Waals surface area contributed by atoms with E-state index in [9.17, 15) is 70.2 Å². The van der Waals surface area contributed by atoms with Crippen molar-refractivity contribution in [3.8, 4) is 0 Å². The molecular formula is C63H98O24. The molecule has 0 spiro atoms. The molecule has 10 N–H and O–H groups in total. The number of hydrogen-bond acceptors (Lipinski definition) is 24. The van der Waals surface area contributed by atoms with E-state index < -0.39 is 198 Å². The number of hydrogen-bond donors (Lipinski definition) is 10. The van der Waals surface area contributed by atoms with Crippen LogP contribution >= 0.6 is 0 Å². The minimum Gasteiger partial charge on any atom is -0.467 e. The van der Waals surface area contributed by atoms with Crippen LogP contribution in [0.5, 0.6) is 0 Å². The molecule has 5 aliphatic carbocycles. The number of aliphatic hydroxyl groups excluding tert-OH is 10. The van der Waals surface area contributed by atoms with E-state index in [1.54, 1.807) is 20.8 Å². The molecule has 0 unspecified atom stereocenters. The van der Waals surface area contributed by atoms with Gasteiger partial charge in [-0.05, 0) is 112 Å². The summed E-state index contributed by atoms with van der Waals surface area (Å²) in [4.78, 5) is 53.1. The topological polar surface area (TPSA) is 363 Å². The van der Waals surface area contributed by atoms with E-state index in [2.05, 4.69) is 33.8 Å². The molecule has 0 aromatic carbocycles. The molecule has 8 aliphatic rings. The van der Waals surface area contributed by atoms with Gasteiger partial charge in [0.15, 0.2) is 37.2 Å². The lowest BCUT2D eigenvalue weighted by Crippen LogP contribution is -2.77. The summed E-state index contributed by atoms with van der Waals surface area (Å²) in [6.07, 6.45) is -22.9. The summed E-state index contributed by atoms with van der Waals surface area (Å²) in [5.41, 5.74) is -3.71. The Bertz CT molecular complexity index is 2600. The Morgan fingerprint density at radius 3 is 1.83 bits per heavy atom. The molecule has 7 fully saturated rings. The van der Waals surface area contributed by atoms with Crippen molar-refractivity contribution in [2.45, 2.75) is 264 Å². The third-order valence-electron chi connectivity index (χ3n) is 22.5. The molecule has 27 atom stereocenters. The highest BCUT2D eigenvalue weighted by Crippen LogP contribution is 2.76. The van der Waals surface area contributed by atoms with Crippen molar-refractivity contribution in [1.29, 1.82) is 0 Å². The van der Waals surface area contributed by atoms with Crippen LogP contribution in [0.15, 0.2) is 34.9 Å². The van der Waals surface area contributed by atoms with Crippen LogP contribution in [0.1, 0.15) is 141 Å². The Balaban J connectivity index is 1.10. The maximum atomic E-state index is 13.5. The first-order chi connectivity index (χ1) is 40.6. The van der Waals surface area contributed by atoms with E-state index >= 15 is 0 Å². The zero-order valence-corrected chi connectivity index (χ0v) is 52.8. The Morgan fingerprint density at radius 2 is 1.25 bits per heavy atom. The molecule has 87 heavy (non-hydrogen) atoms. The monoisotopic (exact) mass is 1240 g/mol. The highest BCUT2D eigenvalue weighted by atomic mass is 16.8. The van der Waals surface area contributed by atoms with Crippen molar-refractivity contribution in [3.63, 3.8) is 0 Å². The van der Waals surface area contributed by atoms with Gasteiger partial charge in [0.1, 0.15) is 61.0 Å². The van der Waals surface area contributed by atoms with Crippen LogP contribution in [0.2, 0.25) is 0 Å². The fourth-order valence-electron chi connectivity index (χ4n) is 17.1. The largest absolute Gasteiger partial charge is 0.467 e. The first-order valence-corrected chi connectivity index (χ1v) is 30.9. The van der Waals surface area contributed by atoms with Gasteiger partial charge in [-0.15, -0.1) is 0 Å². The maximum Gasteiger partial charge on any atom is 0.337 e. The van der Waals surface area contributed by atoms with Gasteiger partial charge in [-0.1, -0.05) is 85.1 Å². The second-order valence-corrected chi connectivity index (χ2v) is 28.1. The van der Waals surface area contributed by atoms with Crippen molar-refractivity contribution in [1.82, 2.24) is 0 Å². The molecule has 494 valence electrons. The van der Waals surface area contributed by atoms with Crippen LogP contribution in [0.3, 0.4) is 0 Å². The minimum atomic E-state index is -1.92. The number of aliphatic hydroxyl groups is 10. The average Bonchev–Trinajstić information content (AvgIpc) is 0.667. The number of carbonyl (C=O) groups excluding carboxylic acids is 4.